The molecule has 0 atom stereocenters. The largest absolute Gasteiger partial charge is 0.306 e. The molecule has 0 amide bonds. The molecule has 1 aromatic rings. The monoisotopic (exact) mass is 233 g/mol. The molecule has 0 spiro atoms. The average molecular weight is 234 g/mol. The molecule has 0 aliphatic heterocycles. The minimum Gasteiger partial charge on any atom is -0.258 e. The number of nitrogens with zero attached hydrogens (tertiary/aromatic N) is 1. The highest BCUT2D eigenvalue weighted by Crippen LogP contribution is 2.35. The van der Waals surface area contributed by atoms with Gasteiger partial charge in [0.25, 0.3) is 0 Å². The van der Waals surface area contributed by atoms with Gasteiger partial charge in [0.1, 0.15) is 10.0 Å². The summed E-state index contributed by atoms with van der Waals surface area (Å²) in [5.74, 6) is 0. The Morgan fingerprint density at radius 1 is 1.43 bits per heavy atom. The molecule has 3 nitrogen and oxygen atoms in total. The van der Waals surface area contributed by atoms with Crippen molar-refractivity contribution < 1.29 is 4.92 Å². The number of nitro benzene ring substituents is 1. The number of rotatable bonds is 3. The fraction of sp³-hybridized carbons (Fsp3) is 0.333. The van der Waals surface area contributed by atoms with Crippen LogP contribution in [0.3, 0.4) is 0 Å². The molecule has 0 bridgehead atoms. The molecule has 76 valence electrons. The lowest BCUT2D eigenvalue weighted by molar-refractivity contribution is -0.384. The summed E-state index contributed by atoms with van der Waals surface area (Å²) in [6.07, 6.45) is 1.61. The van der Waals surface area contributed by atoms with E-state index in [4.69, 9.17) is 23.2 Å². The van der Waals surface area contributed by atoms with E-state index in [9.17, 15) is 10.1 Å². The van der Waals surface area contributed by atoms with Gasteiger partial charge < -0.3 is 0 Å². The van der Waals surface area contributed by atoms with Crippen molar-refractivity contribution in [3.05, 3.63) is 37.9 Å². The van der Waals surface area contributed by atoms with Crippen LogP contribution in [0, 0.1) is 10.1 Å². The van der Waals surface area contributed by atoms with Crippen molar-refractivity contribution in [3.8, 4) is 0 Å². The number of halogens is 2. The fourth-order valence-corrected chi connectivity index (χ4v) is 1.82. The predicted molar refractivity (Wildman–Crippen MR) is 57.1 cm³/mol. The molecule has 0 N–H and O–H groups in total. The molecular weight excluding hydrogens is 225 g/mol. The van der Waals surface area contributed by atoms with Gasteiger partial charge in [-0.2, -0.15) is 0 Å². The van der Waals surface area contributed by atoms with Crippen LogP contribution < -0.4 is 0 Å². The van der Waals surface area contributed by atoms with E-state index in [1.165, 1.54) is 6.07 Å². The highest BCUT2D eigenvalue weighted by atomic mass is 35.5. The van der Waals surface area contributed by atoms with Crippen molar-refractivity contribution in [1.29, 1.82) is 0 Å². The van der Waals surface area contributed by atoms with Gasteiger partial charge in [0.05, 0.1) is 4.92 Å². The van der Waals surface area contributed by atoms with E-state index < -0.39 is 4.92 Å². The van der Waals surface area contributed by atoms with Gasteiger partial charge >= 0.3 is 5.69 Å². The fourth-order valence-electron chi connectivity index (χ4n) is 1.21. The first kappa shape index (κ1) is 11.3. The maximum Gasteiger partial charge on any atom is 0.306 e. The van der Waals surface area contributed by atoms with Gasteiger partial charge in [0, 0.05) is 0 Å². The number of aryl methyl sites for hydroxylation is 1. The Bertz CT molecular complexity index is 366. The molecule has 0 aliphatic rings. The van der Waals surface area contributed by atoms with E-state index in [1.54, 1.807) is 6.07 Å². The summed E-state index contributed by atoms with van der Waals surface area (Å²) in [6, 6.07) is 3.23. The zero-order chi connectivity index (χ0) is 10.7. The van der Waals surface area contributed by atoms with Crippen molar-refractivity contribution in [2.45, 2.75) is 19.8 Å². The predicted octanol–water partition coefficient (Wildman–Crippen LogP) is 3.85. The van der Waals surface area contributed by atoms with E-state index in [-0.39, 0.29) is 15.7 Å². The first-order valence-corrected chi connectivity index (χ1v) is 4.94. The van der Waals surface area contributed by atoms with Crippen molar-refractivity contribution in [2.24, 2.45) is 0 Å². The molecule has 0 saturated heterocycles. The van der Waals surface area contributed by atoms with Crippen LogP contribution in [0.4, 0.5) is 5.69 Å². The van der Waals surface area contributed by atoms with Crippen molar-refractivity contribution in [3.63, 3.8) is 0 Å². The minimum absolute atomic E-state index is 0.0832. The van der Waals surface area contributed by atoms with E-state index in [0.29, 0.717) is 0 Å². The van der Waals surface area contributed by atoms with Crippen LogP contribution in [0.2, 0.25) is 10.0 Å². The smallest absolute Gasteiger partial charge is 0.258 e. The number of nitro groups is 1. The SMILES string of the molecule is CCCc1ccc(Cl)c([N+](=O)[O-])c1Cl. The Hall–Kier alpha value is -0.800. The van der Waals surface area contributed by atoms with Crippen LogP contribution in [0.1, 0.15) is 18.9 Å². The third-order valence-electron chi connectivity index (χ3n) is 1.85. The maximum atomic E-state index is 10.6. The molecule has 5 heteroatoms. The van der Waals surface area contributed by atoms with Crippen molar-refractivity contribution >= 4 is 28.9 Å². The molecule has 0 radical (unpaired) electrons. The third-order valence-corrected chi connectivity index (χ3v) is 2.58. The van der Waals surface area contributed by atoms with Crippen LogP contribution >= 0.6 is 23.2 Å². The molecule has 0 heterocycles. The van der Waals surface area contributed by atoms with Crippen molar-refractivity contribution in [2.75, 3.05) is 0 Å². The number of hydrogen-bond donors (Lipinski definition) is 0. The zero-order valence-corrected chi connectivity index (χ0v) is 9.10. The van der Waals surface area contributed by atoms with Gasteiger partial charge in [-0.3, -0.25) is 10.1 Å². The van der Waals surface area contributed by atoms with Gasteiger partial charge in [0.2, 0.25) is 0 Å². The highest BCUT2D eigenvalue weighted by molar-refractivity contribution is 6.38. The Kier molecular flexibility index (Phi) is 3.72. The van der Waals surface area contributed by atoms with Crippen LogP contribution in [-0.2, 0) is 6.42 Å². The van der Waals surface area contributed by atoms with Gasteiger partial charge in [-0.1, -0.05) is 42.6 Å². The van der Waals surface area contributed by atoms with Crippen LogP contribution in [0.15, 0.2) is 12.1 Å². The van der Waals surface area contributed by atoms with E-state index in [2.05, 4.69) is 0 Å². The van der Waals surface area contributed by atoms with E-state index >= 15 is 0 Å². The van der Waals surface area contributed by atoms with Crippen LogP contribution in [0.5, 0.6) is 0 Å². The zero-order valence-electron chi connectivity index (χ0n) is 7.59. The average Bonchev–Trinajstić information content (AvgIpc) is 2.10. The first-order chi connectivity index (χ1) is 6.57. The molecule has 0 saturated carbocycles. The Balaban J connectivity index is 3.26. The number of benzene rings is 1. The number of hydrogen-bond acceptors (Lipinski definition) is 2. The maximum absolute atomic E-state index is 10.6. The summed E-state index contributed by atoms with van der Waals surface area (Å²) in [6.45, 7) is 1.98. The van der Waals surface area contributed by atoms with Crippen molar-refractivity contribution in [1.82, 2.24) is 0 Å². The highest BCUT2D eigenvalue weighted by Gasteiger charge is 2.19. The second-order valence-corrected chi connectivity index (χ2v) is 3.66. The second kappa shape index (κ2) is 4.62. The topological polar surface area (TPSA) is 43.1 Å². The summed E-state index contributed by atoms with van der Waals surface area (Å²) in [5.41, 5.74) is 0.574. The van der Waals surface area contributed by atoms with Gasteiger partial charge in [-0.05, 0) is 18.1 Å². The molecule has 14 heavy (non-hydrogen) atoms. The first-order valence-electron chi connectivity index (χ1n) is 4.19. The van der Waals surface area contributed by atoms with Gasteiger partial charge in [-0.15, -0.1) is 0 Å². The summed E-state index contributed by atoms with van der Waals surface area (Å²) < 4.78 is 0. The minimum atomic E-state index is -0.552. The van der Waals surface area contributed by atoms with Crippen LogP contribution in [0.25, 0.3) is 0 Å². The lowest BCUT2D eigenvalue weighted by atomic mass is 10.1. The lowest BCUT2D eigenvalue weighted by Gasteiger charge is -2.03. The molecule has 1 rings (SSSR count). The molecular formula is C9H9Cl2NO2. The Labute approximate surface area is 91.8 Å². The lowest BCUT2D eigenvalue weighted by Crippen LogP contribution is -1.94. The van der Waals surface area contributed by atoms with Gasteiger partial charge in [-0.25, -0.2) is 0 Å². The molecule has 1 aromatic carbocycles. The summed E-state index contributed by atoms with van der Waals surface area (Å²) in [7, 11) is 0. The quantitative estimate of drug-likeness (QED) is 0.588. The molecule has 0 unspecified atom stereocenters. The van der Waals surface area contributed by atoms with E-state index in [1.807, 2.05) is 6.92 Å². The Morgan fingerprint density at radius 2 is 2.07 bits per heavy atom. The third kappa shape index (κ3) is 2.16. The molecule has 0 aliphatic carbocycles. The Morgan fingerprint density at radius 3 is 2.57 bits per heavy atom. The molecule has 0 fully saturated rings. The normalized spacial score (nSPS) is 10.2. The standard InChI is InChI=1S/C9H9Cl2NO2/c1-2-3-6-4-5-7(10)9(8(6)11)12(13)14/h4-5H,2-3H2,1H3. The van der Waals surface area contributed by atoms with E-state index in [0.717, 1.165) is 18.4 Å². The van der Waals surface area contributed by atoms with Crippen LogP contribution in [-0.4, -0.2) is 4.92 Å². The second-order valence-electron chi connectivity index (χ2n) is 2.88. The summed E-state index contributed by atoms with van der Waals surface area (Å²) in [5, 5.41) is 10.9. The molecule has 0 aromatic heterocycles. The summed E-state index contributed by atoms with van der Waals surface area (Å²) >= 11 is 11.5. The summed E-state index contributed by atoms with van der Waals surface area (Å²) in [4.78, 5) is 10.1. The van der Waals surface area contributed by atoms with Gasteiger partial charge in [0.15, 0.2) is 0 Å².